The van der Waals surface area contributed by atoms with E-state index in [0.29, 0.717) is 13.0 Å². The second kappa shape index (κ2) is 39.2. The van der Waals surface area contributed by atoms with Crippen LogP contribution < -0.4 is 0 Å². The number of hydrogen-bond acceptors (Lipinski definition) is 11. The number of esters is 1. The van der Waals surface area contributed by atoms with E-state index in [1.54, 1.807) is 0 Å². The Morgan fingerprint density at radius 1 is 0.639 bits per heavy atom. The summed E-state index contributed by atoms with van der Waals surface area (Å²) < 4.78 is 59.0. The lowest BCUT2D eigenvalue weighted by Gasteiger charge is -2.41. The van der Waals surface area contributed by atoms with Crippen LogP contribution in [-0.4, -0.2) is 97.5 Å². The maximum absolute atomic E-state index is 12.8. The lowest BCUT2D eigenvalue weighted by Crippen LogP contribution is -2.60. The minimum Gasteiger partial charge on any atom is -0.457 e. The number of allylic oxidation sites excluding steroid dienone is 12. The lowest BCUT2D eigenvalue weighted by molar-refractivity contribution is -0.301. The second-order valence-corrected chi connectivity index (χ2v) is 16.7. The van der Waals surface area contributed by atoms with E-state index in [2.05, 4.69) is 90.9 Å². The van der Waals surface area contributed by atoms with Crippen LogP contribution >= 0.6 is 0 Å². The number of unbranched alkanes of at least 4 members (excludes halogenated alkanes) is 14. The maximum Gasteiger partial charge on any atom is 0.397 e. The van der Waals surface area contributed by atoms with E-state index in [0.717, 1.165) is 103 Å². The third-order valence-electron chi connectivity index (χ3n) is 10.0. The standard InChI is InChI=1S/C48H82O12S/c1-3-5-7-9-11-13-15-16-17-18-19-20-21-22-23-24-25-26-27-28-30-32-34-36-38-56-40-42(58-44(50)37-35-33-31-29-14-12-10-8-6-4-2)41-57-48-46(52)47(60-61(53,54)55)45(51)43(39-49)59-48/h5,7-8,10-11,13,16-17,19-20,22-23,42-43,45-49,51-52H,3-4,6,9,12,14-15,18,21,24-41H2,1-2H3,(H,53,54,55)/b7-5-,10-8-,13-11-,17-16-,20-19-,23-22-. The maximum atomic E-state index is 12.8. The number of ether oxygens (including phenoxy) is 4. The zero-order valence-electron chi connectivity index (χ0n) is 37.4. The SMILES string of the molecule is CC/C=C\C/C=C\C/C=C\C/C=C\C/C=C\CCCCCCCCCCOCC(COC1OC(CO)C(O)C(OS(=O)(=O)O)C1O)OC(=O)CCCCCCC/C=C\CCC. The molecule has 1 aliphatic rings. The molecule has 0 bridgehead atoms. The first-order valence-electron chi connectivity index (χ1n) is 23.2. The molecule has 13 heteroatoms. The molecule has 0 aromatic carbocycles. The zero-order chi connectivity index (χ0) is 44.7. The van der Waals surface area contributed by atoms with Gasteiger partial charge in [0.2, 0.25) is 0 Å². The molecule has 1 aliphatic heterocycles. The lowest BCUT2D eigenvalue weighted by atomic mass is 9.99. The Kier molecular flexibility index (Phi) is 36.3. The van der Waals surface area contributed by atoms with E-state index in [9.17, 15) is 28.5 Å². The quantitative estimate of drug-likeness (QED) is 0.0199. The van der Waals surface area contributed by atoms with Gasteiger partial charge in [-0.1, -0.05) is 151 Å². The molecule has 1 fully saturated rings. The fraction of sp³-hybridized carbons (Fsp3) is 0.729. The summed E-state index contributed by atoms with van der Waals surface area (Å²) in [6.07, 6.45) is 40.9. The van der Waals surface area contributed by atoms with Gasteiger partial charge >= 0.3 is 16.4 Å². The highest BCUT2D eigenvalue weighted by atomic mass is 32.3. The predicted molar refractivity (Wildman–Crippen MR) is 243 cm³/mol. The van der Waals surface area contributed by atoms with Crippen LogP contribution in [0.25, 0.3) is 0 Å². The number of carbonyl (C=O) groups excluding carboxylic acids is 1. The van der Waals surface area contributed by atoms with Crippen LogP contribution in [-0.2, 0) is 38.3 Å². The molecule has 1 rings (SSSR count). The van der Waals surface area contributed by atoms with Crippen molar-refractivity contribution >= 4 is 16.4 Å². The van der Waals surface area contributed by atoms with Crippen LogP contribution in [0.1, 0.15) is 162 Å². The Balaban J connectivity index is 2.35. The average molecular weight is 883 g/mol. The second-order valence-electron chi connectivity index (χ2n) is 15.6. The summed E-state index contributed by atoms with van der Waals surface area (Å²) >= 11 is 0. The summed E-state index contributed by atoms with van der Waals surface area (Å²) in [7, 11) is -5.07. The van der Waals surface area contributed by atoms with Gasteiger partial charge in [-0.3, -0.25) is 9.35 Å². The van der Waals surface area contributed by atoms with Crippen molar-refractivity contribution in [3.05, 3.63) is 72.9 Å². The average Bonchev–Trinajstić information content (AvgIpc) is 3.23. The summed E-state index contributed by atoms with van der Waals surface area (Å²) in [6.45, 7) is 3.76. The number of aliphatic hydroxyl groups excluding tert-OH is 3. The van der Waals surface area contributed by atoms with Crippen molar-refractivity contribution in [2.24, 2.45) is 0 Å². The Hall–Kier alpha value is -2.46. The summed E-state index contributed by atoms with van der Waals surface area (Å²) in [5.41, 5.74) is 0. The fourth-order valence-electron chi connectivity index (χ4n) is 6.58. The van der Waals surface area contributed by atoms with Crippen LogP contribution in [0, 0.1) is 0 Å². The Morgan fingerprint density at radius 3 is 1.67 bits per heavy atom. The summed E-state index contributed by atoms with van der Waals surface area (Å²) in [6, 6.07) is 0. The third-order valence-corrected chi connectivity index (χ3v) is 10.5. The first-order chi connectivity index (χ1) is 29.6. The highest BCUT2D eigenvalue weighted by molar-refractivity contribution is 7.80. The molecule has 1 saturated heterocycles. The Morgan fingerprint density at radius 2 is 1.13 bits per heavy atom. The minimum atomic E-state index is -5.07. The molecule has 6 unspecified atom stereocenters. The molecular formula is C48H82O12S. The number of hydrogen-bond donors (Lipinski definition) is 4. The van der Waals surface area contributed by atoms with Gasteiger partial charge in [0.25, 0.3) is 0 Å². The Bertz CT molecular complexity index is 1340. The molecule has 0 spiro atoms. The van der Waals surface area contributed by atoms with Crippen LogP contribution in [0.3, 0.4) is 0 Å². The van der Waals surface area contributed by atoms with Crippen LogP contribution in [0.15, 0.2) is 72.9 Å². The van der Waals surface area contributed by atoms with Gasteiger partial charge in [-0.2, -0.15) is 8.42 Å². The molecule has 0 amide bonds. The normalized spacial score (nSPS) is 20.8. The molecular weight excluding hydrogens is 801 g/mol. The van der Waals surface area contributed by atoms with Crippen LogP contribution in [0.2, 0.25) is 0 Å². The molecule has 0 saturated carbocycles. The monoisotopic (exact) mass is 883 g/mol. The number of aliphatic hydroxyl groups is 3. The summed E-state index contributed by atoms with van der Waals surface area (Å²) in [5, 5.41) is 30.6. The van der Waals surface area contributed by atoms with Crippen molar-refractivity contribution in [3.8, 4) is 0 Å². The largest absolute Gasteiger partial charge is 0.457 e. The third kappa shape index (κ3) is 32.8. The topological polar surface area (TPSA) is 178 Å². The van der Waals surface area contributed by atoms with E-state index < -0.39 is 59.8 Å². The van der Waals surface area contributed by atoms with Crippen molar-refractivity contribution in [2.45, 2.75) is 198 Å². The van der Waals surface area contributed by atoms with E-state index in [-0.39, 0.29) is 19.6 Å². The van der Waals surface area contributed by atoms with Crippen LogP contribution in [0.4, 0.5) is 0 Å². The van der Waals surface area contributed by atoms with Gasteiger partial charge in [-0.15, -0.1) is 0 Å². The van der Waals surface area contributed by atoms with Crippen molar-refractivity contribution in [1.82, 2.24) is 0 Å². The molecule has 4 N–H and O–H groups in total. The molecule has 0 radical (unpaired) electrons. The van der Waals surface area contributed by atoms with Gasteiger partial charge in [0, 0.05) is 13.0 Å². The highest BCUT2D eigenvalue weighted by Crippen LogP contribution is 2.26. The van der Waals surface area contributed by atoms with Gasteiger partial charge in [0.05, 0.1) is 19.8 Å². The molecule has 12 nitrogen and oxygen atoms in total. The number of rotatable bonds is 39. The van der Waals surface area contributed by atoms with Crippen molar-refractivity contribution < 1.29 is 56.2 Å². The van der Waals surface area contributed by atoms with E-state index in [1.807, 2.05) is 0 Å². The number of carbonyl (C=O) groups is 1. The van der Waals surface area contributed by atoms with Crippen LogP contribution in [0.5, 0.6) is 0 Å². The first-order valence-corrected chi connectivity index (χ1v) is 24.6. The minimum absolute atomic E-state index is 0.0228. The van der Waals surface area contributed by atoms with Crippen molar-refractivity contribution in [1.29, 1.82) is 0 Å². The molecule has 0 aliphatic carbocycles. The van der Waals surface area contributed by atoms with E-state index in [1.165, 1.54) is 32.1 Å². The fourth-order valence-corrected chi connectivity index (χ4v) is 7.09. The molecule has 6 atom stereocenters. The van der Waals surface area contributed by atoms with E-state index >= 15 is 0 Å². The van der Waals surface area contributed by atoms with Gasteiger partial charge in [0.15, 0.2) is 6.29 Å². The molecule has 1 heterocycles. The summed E-state index contributed by atoms with van der Waals surface area (Å²) in [4.78, 5) is 12.8. The summed E-state index contributed by atoms with van der Waals surface area (Å²) in [5.74, 6) is -0.418. The molecule has 0 aromatic heterocycles. The first kappa shape index (κ1) is 56.6. The Labute approximate surface area is 369 Å². The molecule has 352 valence electrons. The molecule has 61 heavy (non-hydrogen) atoms. The molecule has 0 aromatic rings. The highest BCUT2D eigenvalue weighted by Gasteiger charge is 2.48. The smallest absolute Gasteiger partial charge is 0.397 e. The van der Waals surface area contributed by atoms with Gasteiger partial charge in [-0.25, -0.2) is 4.18 Å². The van der Waals surface area contributed by atoms with Gasteiger partial charge < -0.3 is 34.3 Å². The zero-order valence-corrected chi connectivity index (χ0v) is 38.3. The predicted octanol–water partition coefficient (Wildman–Crippen LogP) is 9.91. The van der Waals surface area contributed by atoms with Crippen molar-refractivity contribution in [2.75, 3.05) is 26.4 Å². The van der Waals surface area contributed by atoms with Gasteiger partial charge in [-0.05, 0) is 77.0 Å². The van der Waals surface area contributed by atoms with Gasteiger partial charge in [0.1, 0.15) is 30.5 Å². The van der Waals surface area contributed by atoms with Crippen molar-refractivity contribution in [3.63, 3.8) is 0 Å². The van der Waals surface area contributed by atoms with E-state index in [4.69, 9.17) is 23.5 Å².